The van der Waals surface area contributed by atoms with Crippen molar-refractivity contribution in [1.29, 1.82) is 0 Å². The zero-order valence-electron chi connectivity index (χ0n) is 7.92. The molecule has 0 aliphatic rings. The Kier molecular flexibility index (Phi) is 12.2. The van der Waals surface area contributed by atoms with Crippen LogP contribution in [-0.2, 0) is 0 Å². The van der Waals surface area contributed by atoms with Crippen LogP contribution in [0.3, 0.4) is 0 Å². The first-order valence-electron chi connectivity index (χ1n) is 4.16. The summed E-state index contributed by atoms with van der Waals surface area (Å²) in [7, 11) is 0. The highest BCUT2D eigenvalue weighted by Crippen LogP contribution is 1.97. The third-order valence-corrected chi connectivity index (χ3v) is 1.10. The maximum absolute atomic E-state index is 9.33. The Hall–Kier alpha value is -0.540. The van der Waals surface area contributed by atoms with Crippen LogP contribution in [0.15, 0.2) is 12.3 Å². The summed E-state index contributed by atoms with van der Waals surface area (Å²) < 4.78 is 0. The number of aliphatic hydroxyl groups is 2. The average molecular weight is 175 g/mol. The lowest BCUT2D eigenvalue weighted by atomic mass is 10.2. The molecule has 0 saturated heterocycles. The van der Waals surface area contributed by atoms with Gasteiger partial charge in [-0.05, 0) is 6.42 Å². The van der Waals surface area contributed by atoms with E-state index in [0.717, 1.165) is 19.3 Å². The number of aliphatic hydroxyl groups excluding tert-OH is 2. The largest absolute Gasteiger partial charge is 0.876 e. The molecule has 0 saturated carbocycles. The van der Waals surface area contributed by atoms with Crippen molar-refractivity contribution in [3.8, 4) is 0 Å². The van der Waals surface area contributed by atoms with Gasteiger partial charge in [0, 0.05) is 0 Å². The molecule has 1 unspecified atom stereocenters. The van der Waals surface area contributed by atoms with Gasteiger partial charge in [-0.2, -0.15) is 0 Å². The minimum Gasteiger partial charge on any atom is -0.876 e. The second kappa shape index (κ2) is 10.5. The van der Waals surface area contributed by atoms with Crippen molar-refractivity contribution in [3.63, 3.8) is 0 Å². The smallest absolute Gasteiger partial charge is 0.0770 e. The van der Waals surface area contributed by atoms with Crippen LogP contribution in [0.25, 0.3) is 0 Å². The Morgan fingerprint density at radius 1 is 1.58 bits per heavy atom. The van der Waals surface area contributed by atoms with Gasteiger partial charge in [-0.3, -0.25) is 0 Å². The van der Waals surface area contributed by atoms with Gasteiger partial charge in [0.1, 0.15) is 0 Å². The molecule has 3 nitrogen and oxygen atoms in total. The number of unbranched alkanes of at least 4 members (excludes halogenated alkanes) is 1. The molecule has 1 atom stereocenters. The Bertz CT molecular complexity index is 97.9. The van der Waals surface area contributed by atoms with Gasteiger partial charge in [-0.25, -0.2) is 0 Å². The summed E-state index contributed by atoms with van der Waals surface area (Å²) >= 11 is 0. The number of allylic oxidation sites excluding steroid dienone is 1. The summed E-state index contributed by atoms with van der Waals surface area (Å²) in [6.45, 7) is 6.38. The topological polar surface area (TPSA) is 63.5 Å². The highest BCUT2D eigenvalue weighted by atomic mass is 16.3. The molecular formula is C9H19O3-. The molecule has 0 rings (SSSR count). The molecule has 0 aromatic rings. The lowest BCUT2D eigenvalue weighted by Crippen LogP contribution is -2.10. The van der Waals surface area contributed by atoms with E-state index >= 15 is 0 Å². The second-order valence-electron chi connectivity index (χ2n) is 2.68. The predicted octanol–water partition coefficient (Wildman–Crippen LogP) is 0.410. The van der Waals surface area contributed by atoms with Crippen molar-refractivity contribution in [2.45, 2.75) is 39.2 Å². The first-order chi connectivity index (χ1) is 5.54. The van der Waals surface area contributed by atoms with Gasteiger partial charge < -0.3 is 15.3 Å². The molecule has 0 fully saturated rings. The summed E-state index contributed by atoms with van der Waals surface area (Å²) in [4.78, 5) is 0. The minimum absolute atomic E-state index is 0.0833. The fourth-order valence-corrected chi connectivity index (χ4v) is 0.531. The molecule has 0 aliphatic heterocycles. The minimum atomic E-state index is -0.491. The molecule has 0 heterocycles. The van der Waals surface area contributed by atoms with Crippen molar-refractivity contribution in [1.82, 2.24) is 0 Å². The van der Waals surface area contributed by atoms with E-state index in [-0.39, 0.29) is 12.4 Å². The van der Waals surface area contributed by atoms with Gasteiger partial charge in [-0.1, -0.05) is 26.7 Å². The van der Waals surface area contributed by atoms with Gasteiger partial charge in [0.25, 0.3) is 0 Å². The normalized spacial score (nSPS) is 11.3. The van der Waals surface area contributed by atoms with Crippen molar-refractivity contribution in [2.24, 2.45) is 0 Å². The Balaban J connectivity index is 0. The van der Waals surface area contributed by atoms with E-state index < -0.39 is 6.10 Å². The predicted molar refractivity (Wildman–Crippen MR) is 47.4 cm³/mol. The summed E-state index contributed by atoms with van der Waals surface area (Å²) in [5, 5.41) is 26.4. The quantitative estimate of drug-likeness (QED) is 0.608. The molecule has 0 radical (unpaired) electrons. The highest BCUT2D eigenvalue weighted by molar-refractivity contribution is 4.64. The zero-order chi connectivity index (χ0) is 9.98. The van der Waals surface area contributed by atoms with Crippen molar-refractivity contribution in [3.05, 3.63) is 12.3 Å². The molecule has 12 heavy (non-hydrogen) atoms. The van der Waals surface area contributed by atoms with Crippen LogP contribution in [0.2, 0.25) is 0 Å². The molecule has 3 heteroatoms. The molecule has 74 valence electrons. The van der Waals surface area contributed by atoms with Crippen LogP contribution >= 0.6 is 0 Å². The first-order valence-corrected chi connectivity index (χ1v) is 4.16. The summed E-state index contributed by atoms with van der Waals surface area (Å²) in [6.07, 6.45) is 2.32. The standard InChI is InChI=1S/C6H14O2.C3H6O/c1-2-3-4-6(8)5-7;1-3(2)4/h6-8H,2-5H2,1H3;4H,1H2,2H3/p-1. The average Bonchev–Trinajstić information content (AvgIpc) is 1.99. The second-order valence-corrected chi connectivity index (χ2v) is 2.68. The molecule has 0 amide bonds. The maximum Gasteiger partial charge on any atom is 0.0770 e. The fourth-order valence-electron chi connectivity index (χ4n) is 0.531. The molecular weight excluding hydrogens is 156 g/mol. The molecule has 0 aliphatic carbocycles. The van der Waals surface area contributed by atoms with E-state index in [0.29, 0.717) is 0 Å². The van der Waals surface area contributed by atoms with Gasteiger partial charge in [0.05, 0.1) is 12.7 Å². The van der Waals surface area contributed by atoms with Gasteiger partial charge in [0.2, 0.25) is 0 Å². The van der Waals surface area contributed by atoms with Crippen LogP contribution in [0.5, 0.6) is 0 Å². The van der Waals surface area contributed by atoms with Crippen molar-refractivity contribution >= 4 is 0 Å². The zero-order valence-corrected chi connectivity index (χ0v) is 7.92. The Labute approximate surface area is 74.4 Å². The molecule has 0 bridgehead atoms. The molecule has 0 aromatic carbocycles. The van der Waals surface area contributed by atoms with Crippen LogP contribution in [0.1, 0.15) is 33.1 Å². The third-order valence-electron chi connectivity index (χ3n) is 1.10. The summed E-state index contributed by atoms with van der Waals surface area (Å²) in [6, 6.07) is 0. The lowest BCUT2D eigenvalue weighted by molar-refractivity contribution is -0.300. The van der Waals surface area contributed by atoms with E-state index in [2.05, 4.69) is 13.5 Å². The number of rotatable bonds is 4. The fraction of sp³-hybridized carbons (Fsp3) is 0.778. The molecule has 2 N–H and O–H groups in total. The van der Waals surface area contributed by atoms with Crippen LogP contribution in [0, 0.1) is 0 Å². The van der Waals surface area contributed by atoms with Crippen molar-refractivity contribution in [2.75, 3.05) is 6.61 Å². The van der Waals surface area contributed by atoms with Gasteiger partial charge >= 0.3 is 0 Å². The van der Waals surface area contributed by atoms with E-state index in [1.54, 1.807) is 0 Å². The molecule has 0 spiro atoms. The number of hydrogen-bond acceptors (Lipinski definition) is 3. The number of hydrogen-bond donors (Lipinski definition) is 2. The third kappa shape index (κ3) is 22.7. The molecule has 0 aromatic heterocycles. The lowest BCUT2D eigenvalue weighted by Gasteiger charge is -2.02. The Morgan fingerprint density at radius 3 is 2.25 bits per heavy atom. The van der Waals surface area contributed by atoms with Crippen LogP contribution in [-0.4, -0.2) is 22.9 Å². The van der Waals surface area contributed by atoms with Crippen molar-refractivity contribution < 1.29 is 15.3 Å². The van der Waals surface area contributed by atoms with E-state index in [1.807, 2.05) is 0 Å². The maximum atomic E-state index is 9.33. The van der Waals surface area contributed by atoms with Crippen LogP contribution < -0.4 is 5.11 Å². The van der Waals surface area contributed by atoms with Gasteiger partial charge in [-0.15, -0.1) is 12.3 Å². The van der Waals surface area contributed by atoms with E-state index in [1.165, 1.54) is 6.92 Å². The first kappa shape index (κ1) is 14.0. The van der Waals surface area contributed by atoms with E-state index in [4.69, 9.17) is 10.2 Å². The monoisotopic (exact) mass is 175 g/mol. The summed E-state index contributed by atoms with van der Waals surface area (Å²) in [5.41, 5.74) is 0. The van der Waals surface area contributed by atoms with E-state index in [9.17, 15) is 5.11 Å². The Morgan fingerprint density at radius 2 is 2.00 bits per heavy atom. The summed E-state index contributed by atoms with van der Waals surface area (Å²) in [5.74, 6) is -0.0833. The SMILES string of the molecule is C=C(C)[O-].CCCCC(O)CO. The van der Waals surface area contributed by atoms with Crippen LogP contribution in [0.4, 0.5) is 0 Å². The van der Waals surface area contributed by atoms with Gasteiger partial charge in [0.15, 0.2) is 0 Å². The highest BCUT2D eigenvalue weighted by Gasteiger charge is 1.97.